The Morgan fingerprint density at radius 1 is 1.22 bits per heavy atom. The fourth-order valence-electron chi connectivity index (χ4n) is 1.39. The Bertz CT molecular complexity index is 460. The van der Waals surface area contributed by atoms with E-state index in [1.807, 2.05) is 0 Å². The maximum atomic E-state index is 12.1. The van der Waals surface area contributed by atoms with Gasteiger partial charge in [-0.3, -0.25) is 9.59 Å². The van der Waals surface area contributed by atoms with Gasteiger partial charge in [-0.2, -0.15) is 0 Å². The zero-order valence-electron chi connectivity index (χ0n) is 11.0. The lowest BCUT2D eigenvalue weighted by atomic mass is 9.99. The smallest absolute Gasteiger partial charge is 0.317 e. The van der Waals surface area contributed by atoms with Gasteiger partial charge in [-0.05, 0) is 39.8 Å². The molecule has 3 nitrogen and oxygen atoms in total. The molecule has 18 heavy (non-hydrogen) atoms. The van der Waals surface area contributed by atoms with E-state index in [0.717, 1.165) is 0 Å². The number of hydrogen-bond acceptors (Lipinski definition) is 3. The first-order valence-corrected chi connectivity index (χ1v) is 6.12. The zero-order chi connectivity index (χ0) is 13.9. The van der Waals surface area contributed by atoms with Gasteiger partial charge in [0.1, 0.15) is 11.5 Å². The Labute approximate surface area is 112 Å². The average Bonchev–Trinajstić information content (AvgIpc) is 2.25. The van der Waals surface area contributed by atoms with Gasteiger partial charge >= 0.3 is 5.97 Å². The third-order valence-electron chi connectivity index (χ3n) is 2.29. The van der Waals surface area contributed by atoms with Crippen molar-refractivity contribution in [3.8, 4) is 0 Å². The zero-order valence-corrected chi connectivity index (χ0v) is 11.7. The minimum Gasteiger partial charge on any atom is -0.459 e. The van der Waals surface area contributed by atoms with E-state index < -0.39 is 17.5 Å². The molecule has 0 fully saturated rings. The van der Waals surface area contributed by atoms with Crippen molar-refractivity contribution >= 4 is 23.4 Å². The van der Waals surface area contributed by atoms with Crippen LogP contribution in [-0.2, 0) is 9.53 Å². The van der Waals surface area contributed by atoms with Crippen molar-refractivity contribution in [2.24, 2.45) is 5.92 Å². The summed E-state index contributed by atoms with van der Waals surface area (Å²) in [6, 6.07) is 6.67. The second-order valence-electron chi connectivity index (χ2n) is 5.10. The highest BCUT2D eigenvalue weighted by Gasteiger charge is 2.28. The average molecular weight is 269 g/mol. The number of Topliss-reactive ketones (excluding diaryl/α,β-unsaturated/α-hetero) is 1. The Balaban J connectivity index is 2.85. The molecule has 0 N–H and O–H groups in total. The minimum atomic E-state index is -0.857. The Morgan fingerprint density at radius 2 is 1.78 bits per heavy atom. The van der Waals surface area contributed by atoms with Gasteiger partial charge in [0.25, 0.3) is 0 Å². The van der Waals surface area contributed by atoms with Crippen LogP contribution in [0.25, 0.3) is 0 Å². The molecule has 0 saturated heterocycles. The lowest BCUT2D eigenvalue weighted by Gasteiger charge is -2.21. The molecule has 0 aliphatic heterocycles. The minimum absolute atomic E-state index is 0.324. The summed E-state index contributed by atoms with van der Waals surface area (Å²) in [5, 5.41) is 0.345. The number of hydrogen-bond donors (Lipinski definition) is 0. The summed E-state index contributed by atoms with van der Waals surface area (Å²) in [6.45, 7) is 6.81. The number of esters is 1. The number of ether oxygens (including phenoxy) is 1. The fraction of sp³-hybridized carbons (Fsp3) is 0.429. The molecule has 0 radical (unpaired) electrons. The summed E-state index contributed by atoms with van der Waals surface area (Å²) >= 11 is 5.93. The highest BCUT2D eigenvalue weighted by atomic mass is 35.5. The van der Waals surface area contributed by atoms with Crippen LogP contribution in [-0.4, -0.2) is 17.4 Å². The first-order valence-electron chi connectivity index (χ1n) is 5.74. The van der Waals surface area contributed by atoms with E-state index in [2.05, 4.69) is 0 Å². The number of rotatable bonds is 3. The van der Waals surface area contributed by atoms with Crippen molar-refractivity contribution in [1.29, 1.82) is 0 Å². The van der Waals surface area contributed by atoms with E-state index >= 15 is 0 Å². The van der Waals surface area contributed by atoms with Crippen LogP contribution in [0.15, 0.2) is 24.3 Å². The molecule has 0 aliphatic rings. The van der Waals surface area contributed by atoms with Crippen LogP contribution in [0, 0.1) is 5.92 Å². The third-order valence-corrected chi connectivity index (χ3v) is 2.62. The van der Waals surface area contributed by atoms with E-state index in [1.165, 1.54) is 6.92 Å². The summed E-state index contributed by atoms with van der Waals surface area (Å²) in [5.41, 5.74) is -0.260. The molecule has 0 bridgehead atoms. The van der Waals surface area contributed by atoms with Crippen molar-refractivity contribution in [2.75, 3.05) is 0 Å². The monoisotopic (exact) mass is 268 g/mol. The van der Waals surface area contributed by atoms with Crippen LogP contribution in [0.3, 0.4) is 0 Å². The molecular weight excluding hydrogens is 252 g/mol. The van der Waals surface area contributed by atoms with Crippen molar-refractivity contribution in [1.82, 2.24) is 0 Å². The first kappa shape index (κ1) is 14.7. The third kappa shape index (κ3) is 3.84. The molecule has 1 aromatic carbocycles. The first-order chi connectivity index (χ1) is 8.22. The van der Waals surface area contributed by atoms with Crippen molar-refractivity contribution in [3.05, 3.63) is 34.9 Å². The summed E-state index contributed by atoms with van der Waals surface area (Å²) in [4.78, 5) is 23.9. The van der Waals surface area contributed by atoms with E-state index in [0.29, 0.717) is 10.6 Å². The molecule has 0 amide bonds. The van der Waals surface area contributed by atoms with Gasteiger partial charge in [-0.1, -0.05) is 23.7 Å². The molecule has 0 heterocycles. The van der Waals surface area contributed by atoms with Gasteiger partial charge in [0.2, 0.25) is 0 Å². The van der Waals surface area contributed by atoms with Crippen LogP contribution in [0.1, 0.15) is 38.1 Å². The van der Waals surface area contributed by atoms with Crippen LogP contribution >= 0.6 is 11.6 Å². The SMILES string of the molecule is CC(C(=O)OC(C)(C)C)C(=O)c1ccccc1Cl. The molecule has 98 valence electrons. The molecular formula is C14H17ClO3. The fourth-order valence-corrected chi connectivity index (χ4v) is 1.62. The van der Waals surface area contributed by atoms with Crippen LogP contribution in [0.2, 0.25) is 5.02 Å². The van der Waals surface area contributed by atoms with E-state index in [1.54, 1.807) is 45.0 Å². The predicted molar refractivity (Wildman–Crippen MR) is 70.8 cm³/mol. The molecule has 1 atom stereocenters. The molecule has 0 saturated carbocycles. The Hall–Kier alpha value is -1.35. The number of ketones is 1. The quantitative estimate of drug-likeness (QED) is 0.479. The maximum Gasteiger partial charge on any atom is 0.317 e. The lowest BCUT2D eigenvalue weighted by Crippen LogP contribution is -2.31. The van der Waals surface area contributed by atoms with Gasteiger partial charge in [0, 0.05) is 5.56 Å². The number of benzene rings is 1. The second kappa shape index (κ2) is 5.53. The summed E-state index contributed by atoms with van der Waals surface area (Å²) in [5.74, 6) is -1.72. The second-order valence-corrected chi connectivity index (χ2v) is 5.51. The lowest BCUT2D eigenvalue weighted by molar-refractivity contribution is -0.157. The van der Waals surface area contributed by atoms with Gasteiger partial charge in [0.15, 0.2) is 5.78 Å². The van der Waals surface area contributed by atoms with Crippen molar-refractivity contribution in [3.63, 3.8) is 0 Å². The van der Waals surface area contributed by atoms with Gasteiger partial charge in [-0.25, -0.2) is 0 Å². The predicted octanol–water partition coefficient (Wildman–Crippen LogP) is 3.50. The van der Waals surface area contributed by atoms with E-state index in [-0.39, 0.29) is 5.78 Å². The molecule has 0 aromatic heterocycles. The van der Waals surface area contributed by atoms with Crippen molar-refractivity contribution in [2.45, 2.75) is 33.3 Å². The number of halogens is 1. The van der Waals surface area contributed by atoms with Crippen molar-refractivity contribution < 1.29 is 14.3 Å². The van der Waals surface area contributed by atoms with Gasteiger partial charge in [-0.15, -0.1) is 0 Å². The molecule has 1 aromatic rings. The van der Waals surface area contributed by atoms with Gasteiger partial charge in [0.05, 0.1) is 5.02 Å². The molecule has 4 heteroatoms. The summed E-state index contributed by atoms with van der Waals surface area (Å²) in [6.07, 6.45) is 0. The molecule has 1 rings (SSSR count). The topological polar surface area (TPSA) is 43.4 Å². The van der Waals surface area contributed by atoms with E-state index in [9.17, 15) is 9.59 Å². The molecule has 1 unspecified atom stereocenters. The largest absolute Gasteiger partial charge is 0.459 e. The summed E-state index contributed by atoms with van der Waals surface area (Å²) < 4.78 is 5.18. The van der Waals surface area contributed by atoms with Crippen LogP contribution < -0.4 is 0 Å². The molecule has 0 aliphatic carbocycles. The Morgan fingerprint density at radius 3 is 2.28 bits per heavy atom. The summed E-state index contributed by atoms with van der Waals surface area (Å²) in [7, 11) is 0. The van der Waals surface area contributed by atoms with E-state index in [4.69, 9.17) is 16.3 Å². The number of carbonyl (C=O) groups excluding carboxylic acids is 2. The standard InChI is InChI=1S/C14H17ClO3/c1-9(13(17)18-14(2,3)4)12(16)10-7-5-6-8-11(10)15/h5-9H,1-4H3. The van der Waals surface area contributed by atoms with Crippen LogP contribution in [0.5, 0.6) is 0 Å². The maximum absolute atomic E-state index is 12.1. The highest BCUT2D eigenvalue weighted by molar-refractivity contribution is 6.34. The molecule has 0 spiro atoms. The normalized spacial score (nSPS) is 12.9. The highest BCUT2D eigenvalue weighted by Crippen LogP contribution is 2.20. The Kier molecular flexibility index (Phi) is 4.52. The van der Waals surface area contributed by atoms with Gasteiger partial charge < -0.3 is 4.74 Å². The number of carbonyl (C=O) groups is 2. The van der Waals surface area contributed by atoms with Crippen LogP contribution in [0.4, 0.5) is 0 Å².